The molecule has 4 heteroatoms. The molecule has 104 valence electrons. The Morgan fingerprint density at radius 3 is 2.68 bits per heavy atom. The van der Waals surface area contributed by atoms with Gasteiger partial charge in [0.2, 0.25) is 0 Å². The van der Waals surface area contributed by atoms with Crippen molar-refractivity contribution >= 4 is 17.2 Å². The molecular weight excluding hydrogens is 256 g/mol. The molecule has 1 aromatic rings. The van der Waals surface area contributed by atoms with Crippen molar-refractivity contribution in [2.75, 3.05) is 19.7 Å². The van der Waals surface area contributed by atoms with Gasteiger partial charge in [-0.3, -0.25) is 4.90 Å². The molecule has 0 bridgehead atoms. The zero-order chi connectivity index (χ0) is 13.7. The van der Waals surface area contributed by atoms with Gasteiger partial charge in [-0.15, -0.1) is 0 Å². The molecule has 1 fully saturated rings. The number of piperidine rings is 1. The summed E-state index contributed by atoms with van der Waals surface area (Å²) in [4.78, 5) is 2.94. The van der Waals surface area contributed by atoms with Crippen molar-refractivity contribution in [3.63, 3.8) is 0 Å². The van der Waals surface area contributed by atoms with Crippen molar-refractivity contribution in [1.29, 1.82) is 0 Å². The van der Waals surface area contributed by atoms with Crippen LogP contribution >= 0.6 is 12.2 Å². The Labute approximate surface area is 120 Å². The largest absolute Gasteiger partial charge is 0.389 e. The second kappa shape index (κ2) is 6.98. The normalized spacial score (nSPS) is 17.5. The van der Waals surface area contributed by atoms with Gasteiger partial charge in [-0.1, -0.05) is 36.5 Å². The molecule has 0 aliphatic carbocycles. The van der Waals surface area contributed by atoms with Crippen LogP contribution in [0.3, 0.4) is 0 Å². The topological polar surface area (TPSA) is 38.5 Å². The lowest BCUT2D eigenvalue weighted by Gasteiger charge is -2.32. The van der Waals surface area contributed by atoms with Crippen molar-refractivity contribution in [1.82, 2.24) is 4.90 Å². The Kier molecular flexibility index (Phi) is 5.31. The van der Waals surface area contributed by atoms with Crippen molar-refractivity contribution in [2.45, 2.75) is 32.4 Å². The van der Waals surface area contributed by atoms with Gasteiger partial charge < -0.3 is 10.5 Å². The van der Waals surface area contributed by atoms with Crippen LogP contribution in [0.15, 0.2) is 24.3 Å². The Morgan fingerprint density at radius 2 is 2.05 bits per heavy atom. The van der Waals surface area contributed by atoms with E-state index in [0.29, 0.717) is 11.1 Å². The first-order chi connectivity index (χ1) is 9.20. The molecule has 1 saturated heterocycles. The van der Waals surface area contributed by atoms with Gasteiger partial charge in [0.1, 0.15) is 4.99 Å². The highest BCUT2D eigenvalue weighted by Gasteiger charge is 2.20. The number of hydrogen-bond donors (Lipinski definition) is 1. The van der Waals surface area contributed by atoms with Gasteiger partial charge in [-0.25, -0.2) is 0 Å². The second-order valence-corrected chi connectivity index (χ2v) is 5.39. The van der Waals surface area contributed by atoms with Crippen molar-refractivity contribution in [2.24, 2.45) is 5.73 Å². The molecule has 0 aromatic heterocycles. The van der Waals surface area contributed by atoms with Gasteiger partial charge in [0, 0.05) is 31.8 Å². The maximum absolute atomic E-state index is 5.77. The Balaban J connectivity index is 1.94. The third kappa shape index (κ3) is 4.00. The predicted octanol–water partition coefficient (Wildman–Crippen LogP) is 2.32. The lowest BCUT2D eigenvalue weighted by Crippen LogP contribution is -2.37. The minimum absolute atomic E-state index is 0.437. The van der Waals surface area contributed by atoms with Gasteiger partial charge in [-0.05, 0) is 25.3 Å². The summed E-state index contributed by atoms with van der Waals surface area (Å²) in [5.74, 6) is 0. The van der Waals surface area contributed by atoms with E-state index in [4.69, 9.17) is 22.7 Å². The quantitative estimate of drug-likeness (QED) is 0.839. The average Bonchev–Trinajstić information content (AvgIpc) is 2.42. The summed E-state index contributed by atoms with van der Waals surface area (Å²) < 4.78 is 5.68. The Bertz CT molecular complexity index is 428. The number of nitrogens with zero attached hydrogens (tertiary/aromatic N) is 1. The summed E-state index contributed by atoms with van der Waals surface area (Å²) in [6, 6.07) is 8.15. The lowest BCUT2D eigenvalue weighted by atomic mass is 10.0. The minimum atomic E-state index is 0.437. The van der Waals surface area contributed by atoms with Crippen molar-refractivity contribution < 1.29 is 4.74 Å². The van der Waals surface area contributed by atoms with E-state index in [1.165, 1.54) is 5.56 Å². The maximum Gasteiger partial charge on any atom is 0.104 e. The van der Waals surface area contributed by atoms with Crippen LogP contribution in [-0.4, -0.2) is 35.7 Å². The first kappa shape index (κ1) is 14.4. The fourth-order valence-corrected chi connectivity index (χ4v) is 2.81. The standard InChI is InChI=1S/C15H22N2OS/c1-2-18-13-7-9-17(10-8-13)11-12-5-3-4-6-14(12)15(16)19/h3-6,13H,2,7-11H2,1H3,(H2,16,19). The monoisotopic (exact) mass is 278 g/mol. The van der Waals surface area contributed by atoms with Crippen LogP contribution in [0.4, 0.5) is 0 Å². The molecule has 0 spiro atoms. The van der Waals surface area contributed by atoms with Gasteiger partial charge >= 0.3 is 0 Å². The molecule has 0 saturated carbocycles. The molecular formula is C15H22N2OS. The van der Waals surface area contributed by atoms with Crippen LogP contribution in [0.25, 0.3) is 0 Å². The summed E-state index contributed by atoms with van der Waals surface area (Å²) >= 11 is 5.11. The molecule has 1 aliphatic heterocycles. The van der Waals surface area contributed by atoms with Crippen molar-refractivity contribution in [3.8, 4) is 0 Å². The highest BCUT2D eigenvalue weighted by molar-refractivity contribution is 7.80. The zero-order valence-corrected chi connectivity index (χ0v) is 12.3. The van der Waals surface area contributed by atoms with E-state index in [9.17, 15) is 0 Å². The Hall–Kier alpha value is -0.970. The Morgan fingerprint density at radius 1 is 1.37 bits per heavy atom. The number of nitrogens with two attached hydrogens (primary N) is 1. The first-order valence-electron chi connectivity index (χ1n) is 6.92. The number of rotatable bonds is 5. The number of ether oxygens (including phenoxy) is 1. The molecule has 3 nitrogen and oxygen atoms in total. The summed E-state index contributed by atoms with van der Waals surface area (Å²) in [6.45, 7) is 5.96. The number of hydrogen-bond acceptors (Lipinski definition) is 3. The highest BCUT2D eigenvalue weighted by Crippen LogP contribution is 2.18. The van der Waals surface area contributed by atoms with E-state index in [1.807, 2.05) is 18.2 Å². The third-order valence-electron chi connectivity index (χ3n) is 3.61. The molecule has 0 radical (unpaired) electrons. The zero-order valence-electron chi connectivity index (χ0n) is 11.5. The summed E-state index contributed by atoms with van der Waals surface area (Å²) in [7, 11) is 0. The summed E-state index contributed by atoms with van der Waals surface area (Å²) in [6.07, 6.45) is 2.67. The van der Waals surface area contributed by atoms with Gasteiger partial charge in [0.25, 0.3) is 0 Å². The molecule has 2 rings (SSSR count). The first-order valence-corrected chi connectivity index (χ1v) is 7.33. The smallest absolute Gasteiger partial charge is 0.104 e. The SMILES string of the molecule is CCOC1CCN(Cc2ccccc2C(N)=S)CC1. The highest BCUT2D eigenvalue weighted by atomic mass is 32.1. The third-order valence-corrected chi connectivity index (χ3v) is 3.83. The van der Waals surface area contributed by atoms with Crippen LogP contribution in [0, 0.1) is 0 Å². The van der Waals surface area contributed by atoms with Gasteiger partial charge in [0.05, 0.1) is 6.10 Å². The van der Waals surface area contributed by atoms with Gasteiger partial charge in [-0.2, -0.15) is 0 Å². The van der Waals surface area contributed by atoms with E-state index >= 15 is 0 Å². The summed E-state index contributed by atoms with van der Waals surface area (Å²) in [5.41, 5.74) is 8.01. The molecule has 0 atom stereocenters. The van der Waals surface area contributed by atoms with E-state index in [1.54, 1.807) is 0 Å². The average molecular weight is 278 g/mol. The number of thiocarbonyl (C=S) groups is 1. The summed E-state index contributed by atoms with van der Waals surface area (Å²) in [5, 5.41) is 0. The molecule has 1 aliphatic rings. The number of likely N-dealkylation sites (tertiary alicyclic amines) is 1. The lowest BCUT2D eigenvalue weighted by molar-refractivity contribution is 0.0125. The molecule has 0 amide bonds. The molecule has 2 N–H and O–H groups in total. The second-order valence-electron chi connectivity index (χ2n) is 4.95. The number of benzene rings is 1. The van der Waals surface area contributed by atoms with Gasteiger partial charge in [0.15, 0.2) is 0 Å². The van der Waals surface area contributed by atoms with E-state index < -0.39 is 0 Å². The fraction of sp³-hybridized carbons (Fsp3) is 0.533. The van der Waals surface area contributed by atoms with Crippen LogP contribution in [-0.2, 0) is 11.3 Å². The predicted molar refractivity (Wildman–Crippen MR) is 82.3 cm³/mol. The van der Waals surface area contributed by atoms with Crippen LogP contribution in [0.2, 0.25) is 0 Å². The molecule has 19 heavy (non-hydrogen) atoms. The maximum atomic E-state index is 5.77. The van der Waals surface area contributed by atoms with E-state index in [2.05, 4.69) is 17.9 Å². The van der Waals surface area contributed by atoms with E-state index in [0.717, 1.165) is 44.6 Å². The minimum Gasteiger partial charge on any atom is -0.389 e. The molecule has 1 aromatic carbocycles. The van der Waals surface area contributed by atoms with Crippen LogP contribution in [0.5, 0.6) is 0 Å². The van der Waals surface area contributed by atoms with Crippen molar-refractivity contribution in [3.05, 3.63) is 35.4 Å². The van der Waals surface area contributed by atoms with Crippen LogP contribution in [0.1, 0.15) is 30.9 Å². The van der Waals surface area contributed by atoms with Crippen LogP contribution < -0.4 is 5.73 Å². The molecule has 1 heterocycles. The van der Waals surface area contributed by atoms with E-state index in [-0.39, 0.29) is 0 Å². The fourth-order valence-electron chi connectivity index (χ4n) is 2.61. The molecule has 0 unspecified atom stereocenters.